The molecule has 0 aromatic heterocycles. The zero-order chi connectivity index (χ0) is 10.2. The van der Waals surface area contributed by atoms with Gasteiger partial charge in [-0.2, -0.15) is 0 Å². The fraction of sp³-hybridized carbons (Fsp3) is 1.00. The van der Waals surface area contributed by atoms with E-state index in [4.69, 9.17) is 15.9 Å². The molecule has 0 amide bonds. The lowest BCUT2D eigenvalue weighted by Gasteiger charge is -2.39. The first-order valence-corrected chi connectivity index (χ1v) is 4.11. The zero-order valence-electron chi connectivity index (χ0n) is 6.98. The molecule has 1 aliphatic carbocycles. The quantitative estimate of drug-likeness (QED) is 0.242. The Labute approximate surface area is 75.2 Å². The van der Waals surface area contributed by atoms with Crippen LogP contribution in [0.15, 0.2) is 0 Å². The topological polar surface area (TPSA) is 127 Å². The molecule has 0 aliphatic heterocycles. The van der Waals surface area contributed by atoms with Gasteiger partial charge < -0.3 is 31.3 Å². The van der Waals surface area contributed by atoms with E-state index in [0.29, 0.717) is 0 Å². The minimum atomic E-state index is -1.47. The summed E-state index contributed by atoms with van der Waals surface area (Å²) in [5, 5.41) is 45.9. The first kappa shape index (κ1) is 10.8. The second-order valence-electron chi connectivity index (χ2n) is 3.43. The number of aliphatic hydroxyl groups excluding tert-OH is 5. The molecule has 1 rings (SSSR count). The normalized spacial score (nSPS) is 48.9. The molecule has 6 nitrogen and oxygen atoms in total. The van der Waals surface area contributed by atoms with Crippen LogP contribution in [0.3, 0.4) is 0 Å². The fourth-order valence-electron chi connectivity index (χ4n) is 1.58. The third kappa shape index (κ3) is 1.98. The molecule has 78 valence electrons. The van der Waals surface area contributed by atoms with Crippen molar-refractivity contribution in [3.63, 3.8) is 0 Å². The SMILES string of the molecule is NC(O)C1CC(O)C(O)C(O)C1O. The van der Waals surface area contributed by atoms with Crippen molar-refractivity contribution in [3.8, 4) is 0 Å². The Bertz CT molecular complexity index is 176. The first-order valence-electron chi connectivity index (χ1n) is 4.11. The Balaban J connectivity index is 2.70. The highest BCUT2D eigenvalue weighted by Crippen LogP contribution is 2.26. The minimum absolute atomic E-state index is 0.0307. The summed E-state index contributed by atoms with van der Waals surface area (Å²) >= 11 is 0. The average molecular weight is 193 g/mol. The molecule has 6 atom stereocenters. The van der Waals surface area contributed by atoms with E-state index in [1.54, 1.807) is 0 Å². The van der Waals surface area contributed by atoms with E-state index in [-0.39, 0.29) is 6.42 Å². The molecule has 0 spiro atoms. The lowest BCUT2D eigenvalue weighted by Crippen LogP contribution is -2.57. The molecular weight excluding hydrogens is 178 g/mol. The van der Waals surface area contributed by atoms with Crippen LogP contribution in [0.5, 0.6) is 0 Å². The van der Waals surface area contributed by atoms with Crippen LogP contribution in [-0.2, 0) is 0 Å². The number of nitrogens with two attached hydrogens (primary N) is 1. The Morgan fingerprint density at radius 1 is 1.00 bits per heavy atom. The largest absolute Gasteiger partial charge is 0.390 e. The molecule has 0 heterocycles. The van der Waals surface area contributed by atoms with E-state index < -0.39 is 36.6 Å². The van der Waals surface area contributed by atoms with Gasteiger partial charge in [-0.15, -0.1) is 0 Å². The van der Waals surface area contributed by atoms with Gasteiger partial charge in [-0.3, -0.25) is 0 Å². The van der Waals surface area contributed by atoms with Crippen LogP contribution in [0.1, 0.15) is 6.42 Å². The van der Waals surface area contributed by atoms with Gasteiger partial charge in [0.25, 0.3) is 0 Å². The van der Waals surface area contributed by atoms with Gasteiger partial charge in [0.05, 0.1) is 12.2 Å². The Morgan fingerprint density at radius 3 is 2.00 bits per heavy atom. The summed E-state index contributed by atoms with van der Waals surface area (Å²) in [7, 11) is 0. The van der Waals surface area contributed by atoms with E-state index in [1.807, 2.05) is 0 Å². The van der Waals surface area contributed by atoms with E-state index in [2.05, 4.69) is 0 Å². The molecule has 1 aliphatic rings. The van der Waals surface area contributed by atoms with Crippen molar-refractivity contribution >= 4 is 0 Å². The molecule has 0 radical (unpaired) electrons. The fourth-order valence-corrected chi connectivity index (χ4v) is 1.58. The third-order valence-electron chi connectivity index (χ3n) is 2.49. The van der Waals surface area contributed by atoms with Crippen molar-refractivity contribution in [1.82, 2.24) is 0 Å². The van der Waals surface area contributed by atoms with E-state index >= 15 is 0 Å². The highest BCUT2D eigenvalue weighted by molar-refractivity contribution is 4.93. The van der Waals surface area contributed by atoms with Crippen molar-refractivity contribution in [2.75, 3.05) is 0 Å². The van der Waals surface area contributed by atoms with Crippen molar-refractivity contribution in [3.05, 3.63) is 0 Å². The van der Waals surface area contributed by atoms with E-state index in [9.17, 15) is 15.3 Å². The molecule has 0 bridgehead atoms. The van der Waals surface area contributed by atoms with Gasteiger partial charge in [-0.1, -0.05) is 0 Å². The van der Waals surface area contributed by atoms with Gasteiger partial charge in [-0.25, -0.2) is 0 Å². The maximum Gasteiger partial charge on any atom is 0.109 e. The highest BCUT2D eigenvalue weighted by atomic mass is 16.4. The second-order valence-corrected chi connectivity index (χ2v) is 3.43. The van der Waals surface area contributed by atoms with Crippen molar-refractivity contribution in [1.29, 1.82) is 0 Å². The molecule has 6 heteroatoms. The van der Waals surface area contributed by atoms with E-state index in [0.717, 1.165) is 0 Å². The average Bonchev–Trinajstić information content (AvgIpc) is 2.07. The molecule has 0 aromatic carbocycles. The molecule has 0 saturated heterocycles. The van der Waals surface area contributed by atoms with Crippen LogP contribution >= 0.6 is 0 Å². The Morgan fingerprint density at radius 2 is 1.54 bits per heavy atom. The highest BCUT2D eigenvalue weighted by Gasteiger charge is 2.43. The minimum Gasteiger partial charge on any atom is -0.390 e. The maximum absolute atomic E-state index is 9.33. The standard InChI is InChI=1S/C7H15NO5/c8-7(13)2-1-3(9)5(11)6(12)4(2)10/h2-7,9-13H,1,8H2. The molecule has 6 unspecified atom stereocenters. The van der Waals surface area contributed by atoms with Gasteiger partial charge in [0.1, 0.15) is 18.4 Å². The predicted molar refractivity (Wildman–Crippen MR) is 42.3 cm³/mol. The summed E-state index contributed by atoms with van der Waals surface area (Å²) in [6, 6.07) is 0. The predicted octanol–water partition coefficient (Wildman–Crippen LogP) is -3.27. The number of hydrogen-bond acceptors (Lipinski definition) is 6. The van der Waals surface area contributed by atoms with Crippen LogP contribution in [0.4, 0.5) is 0 Å². The van der Waals surface area contributed by atoms with Gasteiger partial charge in [-0.05, 0) is 6.42 Å². The summed E-state index contributed by atoms with van der Waals surface area (Å²) in [5.74, 6) is -0.812. The van der Waals surface area contributed by atoms with Gasteiger partial charge in [0, 0.05) is 5.92 Å². The molecular formula is C7H15NO5. The molecule has 13 heavy (non-hydrogen) atoms. The molecule has 7 N–H and O–H groups in total. The lowest BCUT2D eigenvalue weighted by atomic mass is 9.80. The number of rotatable bonds is 1. The van der Waals surface area contributed by atoms with Gasteiger partial charge in [0.15, 0.2) is 0 Å². The molecule has 1 fully saturated rings. The first-order chi connectivity index (χ1) is 5.95. The summed E-state index contributed by atoms with van der Waals surface area (Å²) in [4.78, 5) is 0. The lowest BCUT2D eigenvalue weighted by molar-refractivity contribution is -0.173. The number of aliphatic hydroxyl groups is 5. The Hall–Kier alpha value is -0.240. The van der Waals surface area contributed by atoms with Gasteiger partial charge in [0.2, 0.25) is 0 Å². The summed E-state index contributed by atoms with van der Waals surface area (Å²) in [6.45, 7) is 0. The molecule has 1 saturated carbocycles. The number of hydrogen-bond donors (Lipinski definition) is 6. The summed E-state index contributed by atoms with van der Waals surface area (Å²) in [6.07, 6.45) is -6.67. The van der Waals surface area contributed by atoms with Gasteiger partial charge >= 0.3 is 0 Å². The monoisotopic (exact) mass is 193 g/mol. The van der Waals surface area contributed by atoms with Crippen molar-refractivity contribution in [2.45, 2.75) is 37.1 Å². The van der Waals surface area contributed by atoms with Crippen LogP contribution in [0, 0.1) is 5.92 Å². The van der Waals surface area contributed by atoms with Crippen LogP contribution in [0.25, 0.3) is 0 Å². The summed E-state index contributed by atoms with van der Waals surface area (Å²) < 4.78 is 0. The van der Waals surface area contributed by atoms with E-state index in [1.165, 1.54) is 0 Å². The smallest absolute Gasteiger partial charge is 0.109 e. The maximum atomic E-state index is 9.33. The Kier molecular flexibility index (Phi) is 3.23. The summed E-state index contributed by atoms with van der Waals surface area (Å²) in [5.41, 5.74) is 5.12. The molecule has 0 aromatic rings. The third-order valence-corrected chi connectivity index (χ3v) is 2.49. The van der Waals surface area contributed by atoms with Crippen molar-refractivity contribution in [2.24, 2.45) is 11.7 Å². The van der Waals surface area contributed by atoms with Crippen molar-refractivity contribution < 1.29 is 25.5 Å². The second kappa shape index (κ2) is 3.87. The van der Waals surface area contributed by atoms with Crippen LogP contribution < -0.4 is 5.73 Å². The van der Waals surface area contributed by atoms with Crippen LogP contribution in [-0.4, -0.2) is 56.2 Å². The zero-order valence-corrected chi connectivity index (χ0v) is 6.98. The van der Waals surface area contributed by atoms with Crippen LogP contribution in [0.2, 0.25) is 0 Å².